The van der Waals surface area contributed by atoms with Gasteiger partial charge >= 0.3 is 95.1 Å². The minimum atomic E-state index is 0. The molecule has 0 aliphatic carbocycles. The third kappa shape index (κ3) is 8.85. The van der Waals surface area contributed by atoms with Crippen molar-refractivity contribution in [1.82, 2.24) is 0 Å². The molecule has 0 unspecified atom stereocenters. The van der Waals surface area contributed by atoms with E-state index in [-0.39, 0.29) is 106 Å². The zero-order valence-electron chi connectivity index (χ0n) is 2.36. The summed E-state index contributed by atoms with van der Waals surface area (Å²) in [7, 11) is 0. The van der Waals surface area contributed by atoms with Gasteiger partial charge in [-0.3, -0.25) is 0 Å². The van der Waals surface area contributed by atoms with Crippen molar-refractivity contribution in [3.05, 3.63) is 0 Å². The molecular formula is HCsO2Zr+2. The van der Waals surface area contributed by atoms with E-state index in [2.05, 4.69) is 0 Å². The van der Waals surface area contributed by atoms with Crippen molar-refractivity contribution in [2.75, 3.05) is 0 Å². The van der Waals surface area contributed by atoms with Crippen LogP contribution in [0.4, 0.5) is 0 Å². The quantitative estimate of drug-likeness (QED) is 0.448. The van der Waals surface area contributed by atoms with E-state index in [1.807, 2.05) is 0 Å². The van der Waals surface area contributed by atoms with E-state index in [1.54, 1.807) is 0 Å². The van der Waals surface area contributed by atoms with Gasteiger partial charge in [-0.15, -0.1) is 0 Å². The van der Waals surface area contributed by atoms with Gasteiger partial charge in [-0.2, -0.15) is 0 Å². The van der Waals surface area contributed by atoms with Crippen LogP contribution in [0, 0.1) is 0 Å². The molecule has 0 aromatic carbocycles. The molecule has 0 radical (unpaired) electrons. The summed E-state index contributed by atoms with van der Waals surface area (Å²) in [6, 6.07) is 0. The summed E-state index contributed by atoms with van der Waals surface area (Å²) in [6.45, 7) is 0. The fourth-order valence-corrected chi connectivity index (χ4v) is 0. The normalized spacial score (nSPS) is 0. The van der Waals surface area contributed by atoms with E-state index in [1.165, 1.54) is 0 Å². The Bertz CT molecular complexity index is 6.00. The summed E-state index contributed by atoms with van der Waals surface area (Å²) in [6.07, 6.45) is 0. The van der Waals surface area contributed by atoms with Crippen LogP contribution >= 0.6 is 0 Å². The van der Waals surface area contributed by atoms with Crippen LogP contribution in [0.15, 0.2) is 0 Å². The first-order valence-corrected chi connectivity index (χ1v) is 0. The Morgan fingerprint density at radius 1 is 1.00 bits per heavy atom. The van der Waals surface area contributed by atoms with Gasteiger partial charge in [0.25, 0.3) is 0 Å². The topological polar surface area (TPSA) is 58.5 Å². The second kappa shape index (κ2) is 16.9. The van der Waals surface area contributed by atoms with Crippen LogP contribution in [0.5, 0.6) is 0 Å². The summed E-state index contributed by atoms with van der Waals surface area (Å²) in [4.78, 5) is 0. The zero-order valence-corrected chi connectivity index (χ0v) is 11.1. The van der Waals surface area contributed by atoms with Gasteiger partial charge in [0.05, 0.1) is 0 Å². The Labute approximate surface area is 103 Å². The van der Waals surface area contributed by atoms with E-state index in [4.69, 9.17) is 0 Å². The minimum absolute atomic E-state index is 0. The maximum absolute atomic E-state index is 0. The Balaban J connectivity index is 0. The molecule has 0 aliphatic heterocycles. The molecule has 4 heavy (non-hydrogen) atoms. The average molecular weight is 257 g/mol. The van der Waals surface area contributed by atoms with Gasteiger partial charge in [0.1, 0.15) is 0 Å². The van der Waals surface area contributed by atoms with E-state index in [9.17, 15) is 0 Å². The molecule has 0 rings (SSSR count). The van der Waals surface area contributed by atoms with Gasteiger partial charge in [-0.05, 0) is 0 Å². The van der Waals surface area contributed by atoms with Crippen LogP contribution in [0.25, 0.3) is 0 Å². The van der Waals surface area contributed by atoms with Crippen LogP contribution in [0.3, 0.4) is 0 Å². The molecule has 0 aromatic heterocycles. The predicted molar refractivity (Wildman–Crippen MR) is 2.62 cm³/mol. The van der Waals surface area contributed by atoms with Crippen molar-refractivity contribution < 1.29 is 106 Å². The summed E-state index contributed by atoms with van der Waals surface area (Å²) in [5, 5.41) is 0. The van der Waals surface area contributed by atoms with Gasteiger partial charge in [0.2, 0.25) is 0 Å². The second-order valence-corrected chi connectivity index (χ2v) is 0. The van der Waals surface area contributed by atoms with Gasteiger partial charge in [-0.1, -0.05) is 0 Å². The molecule has 0 amide bonds. The maximum Gasteiger partial charge on any atom is 4.00 e. The molecule has 0 aliphatic rings. The average Bonchev–Trinajstić information content (AvgIpc) is 0. The molecule has 1 N–H and O–H groups in total. The molecule has 0 saturated heterocycles. The van der Waals surface area contributed by atoms with Crippen molar-refractivity contribution in [2.45, 2.75) is 0 Å². The van der Waals surface area contributed by atoms with Crippen molar-refractivity contribution in [3.63, 3.8) is 0 Å². The Morgan fingerprint density at radius 2 is 1.00 bits per heavy atom. The first kappa shape index (κ1) is 28.8. The molecule has 0 fully saturated rings. The smallest absolute Gasteiger partial charge is 2.00 e. The summed E-state index contributed by atoms with van der Waals surface area (Å²) >= 11 is 0. The second-order valence-electron chi connectivity index (χ2n) is 0. The van der Waals surface area contributed by atoms with Gasteiger partial charge in [-0.25, -0.2) is 0 Å². The third-order valence-electron chi connectivity index (χ3n) is 0. The number of hydrogen-bond acceptors (Lipinski definition) is 1. The van der Waals surface area contributed by atoms with E-state index in [0.29, 0.717) is 0 Å². The summed E-state index contributed by atoms with van der Waals surface area (Å²) < 4.78 is 0. The van der Waals surface area contributed by atoms with Gasteiger partial charge < -0.3 is 11.0 Å². The first-order valence-electron chi connectivity index (χ1n) is 0. The summed E-state index contributed by atoms with van der Waals surface area (Å²) in [5.74, 6) is 0. The molecule has 0 atom stereocenters. The maximum atomic E-state index is 0. The van der Waals surface area contributed by atoms with Crippen molar-refractivity contribution in [3.8, 4) is 0 Å². The predicted octanol–water partition coefficient (Wildman–Crippen LogP) is -3.29. The monoisotopic (exact) mass is 256 g/mol. The van der Waals surface area contributed by atoms with E-state index >= 15 is 0 Å². The van der Waals surface area contributed by atoms with Crippen LogP contribution in [-0.2, 0) is 31.7 Å². The van der Waals surface area contributed by atoms with E-state index in [0.717, 1.165) is 0 Å². The molecule has 16 valence electrons. The third-order valence-corrected chi connectivity index (χ3v) is 0. The minimum Gasteiger partial charge on any atom is -2.00 e. The van der Waals surface area contributed by atoms with Crippen LogP contribution in [-0.4, -0.2) is 5.48 Å². The van der Waals surface area contributed by atoms with E-state index < -0.39 is 0 Å². The Hall–Kier alpha value is 2.86. The molecule has 0 bridgehead atoms. The number of rotatable bonds is 0. The Morgan fingerprint density at radius 3 is 1.00 bits per heavy atom. The fourth-order valence-electron chi connectivity index (χ4n) is 0. The van der Waals surface area contributed by atoms with Gasteiger partial charge in [0, 0.05) is 0 Å². The fraction of sp³-hybridized carbons (Fsp3) is 0. The van der Waals surface area contributed by atoms with Crippen LogP contribution in [0.1, 0.15) is 0 Å². The van der Waals surface area contributed by atoms with Crippen molar-refractivity contribution in [1.29, 1.82) is 0 Å². The van der Waals surface area contributed by atoms with Crippen molar-refractivity contribution in [2.24, 2.45) is 0 Å². The van der Waals surface area contributed by atoms with Crippen LogP contribution in [0.2, 0.25) is 0 Å². The van der Waals surface area contributed by atoms with Crippen LogP contribution < -0.4 is 68.9 Å². The molecule has 0 aromatic rings. The number of hydrogen-bond donors (Lipinski definition) is 0. The van der Waals surface area contributed by atoms with Crippen molar-refractivity contribution >= 4 is 0 Å². The van der Waals surface area contributed by atoms with Gasteiger partial charge in [0.15, 0.2) is 0 Å². The molecule has 0 heterocycles. The Kier molecular flexibility index (Phi) is 122. The molecule has 0 spiro atoms. The summed E-state index contributed by atoms with van der Waals surface area (Å²) in [5.41, 5.74) is 0. The molecular weight excluding hydrogens is 256 g/mol. The molecule has 4 heteroatoms. The standard InChI is InChI=1S/Cs.H2O.O.Zr/h;1H2;;/q+1;;-2;+4/p-1. The zero-order chi connectivity index (χ0) is 0. The molecule has 0 saturated carbocycles. The largest absolute Gasteiger partial charge is 4.00 e. The molecule has 2 nitrogen and oxygen atoms in total. The SMILES string of the molecule is [Cs+].[O-2].[OH-].[Zr+4]. The first-order chi connectivity index (χ1) is 0.